The topological polar surface area (TPSA) is 99.1 Å². The summed E-state index contributed by atoms with van der Waals surface area (Å²) < 4.78 is 4.91. The summed E-state index contributed by atoms with van der Waals surface area (Å²) in [5.41, 5.74) is 0. The lowest BCUT2D eigenvalue weighted by atomic mass is 10.2. The number of aliphatic carboxylic acids is 1. The summed E-state index contributed by atoms with van der Waals surface area (Å²) in [6.07, 6.45) is 0.744. The van der Waals surface area contributed by atoms with Crippen molar-refractivity contribution in [1.82, 2.24) is 10.2 Å². The predicted molar refractivity (Wildman–Crippen MR) is 65.4 cm³/mol. The summed E-state index contributed by atoms with van der Waals surface area (Å²) in [5.74, 6) is -1.26. The first-order valence-electron chi connectivity index (χ1n) is 5.87. The van der Waals surface area contributed by atoms with Gasteiger partial charge in [-0.25, -0.2) is 9.59 Å². The Morgan fingerprint density at radius 1 is 1.44 bits per heavy atom. The van der Waals surface area contributed by atoms with Gasteiger partial charge in [-0.05, 0) is 13.3 Å². The van der Waals surface area contributed by atoms with Gasteiger partial charge in [0.2, 0.25) is 0 Å². The fraction of sp³-hybridized carbons (Fsp3) is 0.818. The van der Waals surface area contributed by atoms with E-state index in [0.29, 0.717) is 13.2 Å². The molecule has 0 saturated carbocycles. The van der Waals surface area contributed by atoms with Gasteiger partial charge in [-0.2, -0.15) is 0 Å². The average Bonchev–Trinajstić information content (AvgIpc) is 2.35. The van der Waals surface area contributed by atoms with Crippen molar-refractivity contribution in [2.24, 2.45) is 0 Å². The number of aliphatic hydroxyl groups excluding tert-OH is 1. The van der Waals surface area contributed by atoms with Gasteiger partial charge in [0.1, 0.15) is 0 Å². The largest absolute Gasteiger partial charge is 0.480 e. The zero-order chi connectivity index (χ0) is 14.1. The van der Waals surface area contributed by atoms with E-state index in [4.69, 9.17) is 14.9 Å². The number of hydrogen-bond acceptors (Lipinski definition) is 4. The first-order valence-corrected chi connectivity index (χ1v) is 5.87. The van der Waals surface area contributed by atoms with Crippen molar-refractivity contribution in [3.63, 3.8) is 0 Å². The number of hydrogen-bond donors (Lipinski definition) is 3. The van der Waals surface area contributed by atoms with E-state index in [0.717, 1.165) is 6.42 Å². The summed E-state index contributed by atoms with van der Waals surface area (Å²) in [6.45, 7) is 3.89. The number of urea groups is 1. The number of amides is 2. The van der Waals surface area contributed by atoms with Gasteiger partial charge in [0.05, 0.1) is 13.2 Å². The quantitative estimate of drug-likeness (QED) is 0.567. The Morgan fingerprint density at radius 2 is 2.06 bits per heavy atom. The fourth-order valence-electron chi connectivity index (χ4n) is 1.35. The molecule has 0 heterocycles. The first kappa shape index (κ1) is 16.7. The molecule has 18 heavy (non-hydrogen) atoms. The van der Waals surface area contributed by atoms with Crippen molar-refractivity contribution in [1.29, 1.82) is 0 Å². The van der Waals surface area contributed by atoms with Gasteiger partial charge in [0.15, 0.2) is 6.04 Å². The maximum atomic E-state index is 11.9. The molecular weight excluding hydrogens is 240 g/mol. The van der Waals surface area contributed by atoms with Crippen LogP contribution in [0.15, 0.2) is 0 Å². The normalized spacial score (nSPS) is 13.8. The minimum absolute atomic E-state index is 0.0340. The molecule has 3 N–H and O–H groups in total. The highest BCUT2D eigenvalue weighted by Crippen LogP contribution is 2.04. The van der Waals surface area contributed by atoms with Gasteiger partial charge in [-0.15, -0.1) is 0 Å². The van der Waals surface area contributed by atoms with Crippen LogP contribution in [0.25, 0.3) is 0 Å². The molecule has 7 nitrogen and oxygen atoms in total. The third-order valence-corrected chi connectivity index (χ3v) is 2.70. The highest BCUT2D eigenvalue weighted by molar-refractivity contribution is 5.82. The molecule has 2 atom stereocenters. The Labute approximate surface area is 107 Å². The Morgan fingerprint density at radius 3 is 2.44 bits per heavy atom. The van der Waals surface area contributed by atoms with Crippen molar-refractivity contribution >= 4 is 12.0 Å². The van der Waals surface area contributed by atoms with Crippen LogP contribution in [0.5, 0.6) is 0 Å². The molecule has 0 aliphatic carbocycles. The van der Waals surface area contributed by atoms with E-state index < -0.39 is 24.6 Å². The SMILES string of the molecule is CCC(C)N(CCOC)C(=O)N[C@H](CO)C(=O)O. The van der Waals surface area contributed by atoms with Crippen LogP contribution in [-0.2, 0) is 9.53 Å². The number of carbonyl (C=O) groups excluding carboxylic acids is 1. The second-order valence-electron chi connectivity index (χ2n) is 3.97. The minimum atomic E-state index is -1.29. The molecule has 106 valence electrons. The van der Waals surface area contributed by atoms with Crippen molar-refractivity contribution in [3.05, 3.63) is 0 Å². The number of aliphatic hydroxyl groups is 1. The molecule has 0 fully saturated rings. The second-order valence-corrected chi connectivity index (χ2v) is 3.97. The summed E-state index contributed by atoms with van der Waals surface area (Å²) in [7, 11) is 1.53. The third kappa shape index (κ3) is 5.33. The maximum Gasteiger partial charge on any atom is 0.328 e. The molecule has 0 aromatic rings. The molecule has 2 amide bonds. The number of nitrogens with zero attached hydrogens (tertiary/aromatic N) is 1. The summed E-state index contributed by atoms with van der Waals surface area (Å²) in [6, 6.07) is -1.83. The third-order valence-electron chi connectivity index (χ3n) is 2.70. The van der Waals surface area contributed by atoms with Gasteiger partial charge < -0.3 is 25.2 Å². The molecule has 0 aliphatic rings. The number of carbonyl (C=O) groups is 2. The number of carboxylic acids is 1. The van der Waals surface area contributed by atoms with Crippen LogP contribution in [0.3, 0.4) is 0 Å². The average molecular weight is 262 g/mol. The molecule has 0 radical (unpaired) electrons. The lowest BCUT2D eigenvalue weighted by Crippen LogP contribution is -2.52. The molecule has 0 aromatic heterocycles. The van der Waals surface area contributed by atoms with Gasteiger partial charge in [-0.1, -0.05) is 6.92 Å². The van der Waals surface area contributed by atoms with Crippen LogP contribution >= 0.6 is 0 Å². The van der Waals surface area contributed by atoms with Crippen LogP contribution in [0.4, 0.5) is 4.79 Å². The van der Waals surface area contributed by atoms with Gasteiger partial charge in [0.25, 0.3) is 0 Å². The summed E-state index contributed by atoms with van der Waals surface area (Å²) >= 11 is 0. The van der Waals surface area contributed by atoms with Crippen molar-refractivity contribution < 1.29 is 24.5 Å². The number of carboxylic acid groups (broad SMARTS) is 1. The number of nitrogens with one attached hydrogen (secondary N) is 1. The van der Waals surface area contributed by atoms with Crippen molar-refractivity contribution in [3.8, 4) is 0 Å². The highest BCUT2D eigenvalue weighted by Gasteiger charge is 2.24. The van der Waals surface area contributed by atoms with Gasteiger partial charge in [0, 0.05) is 19.7 Å². The van der Waals surface area contributed by atoms with Crippen LogP contribution in [-0.4, -0.2) is 66.1 Å². The highest BCUT2D eigenvalue weighted by atomic mass is 16.5. The van der Waals surface area contributed by atoms with E-state index in [-0.39, 0.29) is 6.04 Å². The standard InChI is InChI=1S/C11H22N2O5/c1-4-8(2)13(5-6-18-3)11(17)12-9(7-14)10(15)16/h8-9,14H,4-7H2,1-3H3,(H,12,17)(H,15,16)/t8?,9-/m1/s1. The molecule has 1 unspecified atom stereocenters. The number of ether oxygens (including phenoxy) is 1. The van der Waals surface area contributed by atoms with Crippen LogP contribution in [0, 0.1) is 0 Å². The van der Waals surface area contributed by atoms with Crippen LogP contribution < -0.4 is 5.32 Å². The molecule has 0 aliphatic heterocycles. The molecule has 0 saturated heterocycles. The molecule has 7 heteroatoms. The summed E-state index contributed by atoms with van der Waals surface area (Å²) in [4.78, 5) is 24.1. The van der Waals surface area contributed by atoms with E-state index in [9.17, 15) is 9.59 Å². The lowest BCUT2D eigenvalue weighted by molar-refractivity contribution is -0.140. The monoisotopic (exact) mass is 262 g/mol. The number of rotatable bonds is 8. The molecule has 0 bridgehead atoms. The first-order chi connectivity index (χ1) is 8.47. The van der Waals surface area contributed by atoms with E-state index in [1.54, 1.807) is 0 Å². The Balaban J connectivity index is 4.58. The van der Waals surface area contributed by atoms with Gasteiger partial charge >= 0.3 is 12.0 Å². The Bertz CT molecular complexity index is 272. The van der Waals surface area contributed by atoms with Crippen LogP contribution in [0.2, 0.25) is 0 Å². The predicted octanol–water partition coefficient (Wildman–Crippen LogP) is -0.112. The maximum absolute atomic E-state index is 11.9. The second kappa shape index (κ2) is 8.71. The van der Waals surface area contributed by atoms with E-state index in [1.807, 2.05) is 13.8 Å². The zero-order valence-electron chi connectivity index (χ0n) is 11.0. The lowest BCUT2D eigenvalue weighted by Gasteiger charge is -2.29. The van der Waals surface area contributed by atoms with Gasteiger partial charge in [-0.3, -0.25) is 0 Å². The number of methoxy groups -OCH3 is 1. The molecular formula is C11H22N2O5. The van der Waals surface area contributed by atoms with E-state index in [1.165, 1.54) is 12.0 Å². The van der Waals surface area contributed by atoms with Crippen LogP contribution in [0.1, 0.15) is 20.3 Å². The fourth-order valence-corrected chi connectivity index (χ4v) is 1.35. The Kier molecular flexibility index (Phi) is 8.06. The van der Waals surface area contributed by atoms with E-state index >= 15 is 0 Å². The summed E-state index contributed by atoms with van der Waals surface area (Å²) in [5, 5.41) is 19.9. The minimum Gasteiger partial charge on any atom is -0.480 e. The molecule has 0 aromatic carbocycles. The zero-order valence-corrected chi connectivity index (χ0v) is 11.0. The molecule has 0 spiro atoms. The smallest absolute Gasteiger partial charge is 0.328 e. The van der Waals surface area contributed by atoms with Crippen molar-refractivity contribution in [2.75, 3.05) is 26.9 Å². The van der Waals surface area contributed by atoms with Crippen molar-refractivity contribution in [2.45, 2.75) is 32.4 Å². The Hall–Kier alpha value is -1.34. The molecule has 0 rings (SSSR count). The van der Waals surface area contributed by atoms with E-state index in [2.05, 4.69) is 5.32 Å².